The Morgan fingerprint density at radius 2 is 2.05 bits per heavy atom. The van der Waals surface area contributed by atoms with Crippen molar-refractivity contribution in [3.05, 3.63) is 47.3 Å². The Bertz CT molecular complexity index is 797. The van der Waals surface area contributed by atoms with Gasteiger partial charge < -0.3 is 4.52 Å². The van der Waals surface area contributed by atoms with E-state index < -0.39 is 26.7 Å². The van der Waals surface area contributed by atoms with Gasteiger partial charge in [-0.1, -0.05) is 11.2 Å². The molecule has 0 spiro atoms. The minimum Gasteiger partial charge on any atom is -0.361 e. The number of halogens is 3. The van der Waals surface area contributed by atoms with Crippen LogP contribution in [0.25, 0.3) is 0 Å². The monoisotopic (exact) mass is 333 g/mol. The Morgan fingerprint density at radius 3 is 2.64 bits per heavy atom. The van der Waals surface area contributed by atoms with Gasteiger partial charge in [0.2, 0.25) is 0 Å². The fourth-order valence-corrected chi connectivity index (χ4v) is 2.34. The summed E-state index contributed by atoms with van der Waals surface area (Å²) in [5, 5.41) is 6.97. The second kappa shape index (κ2) is 5.79. The number of aromatic nitrogens is 1. The lowest BCUT2D eigenvalue weighted by Crippen LogP contribution is -2.19. The predicted molar refractivity (Wildman–Crippen MR) is 70.6 cm³/mol. The van der Waals surface area contributed by atoms with Crippen LogP contribution in [0.5, 0.6) is 0 Å². The number of hydrogen-bond donors (Lipinski definition) is 1. The number of hydrogen-bond acceptors (Lipinski definition) is 5. The van der Waals surface area contributed by atoms with E-state index in [-0.39, 0.29) is 5.69 Å². The minimum atomic E-state index is -4.63. The molecule has 0 amide bonds. The highest BCUT2D eigenvalue weighted by atomic mass is 32.2. The Kier molecular flexibility index (Phi) is 4.22. The number of hydrazone groups is 1. The highest BCUT2D eigenvalue weighted by molar-refractivity contribution is 7.89. The van der Waals surface area contributed by atoms with E-state index in [0.29, 0.717) is 11.8 Å². The van der Waals surface area contributed by atoms with Crippen molar-refractivity contribution in [3.63, 3.8) is 0 Å². The van der Waals surface area contributed by atoms with Crippen LogP contribution in [0.1, 0.15) is 17.0 Å². The summed E-state index contributed by atoms with van der Waals surface area (Å²) in [6.45, 7) is 1.64. The second-order valence-corrected chi connectivity index (χ2v) is 5.90. The van der Waals surface area contributed by atoms with E-state index >= 15 is 0 Å². The molecule has 0 saturated carbocycles. The van der Waals surface area contributed by atoms with Crippen molar-refractivity contribution in [1.82, 2.24) is 9.99 Å². The largest absolute Gasteiger partial charge is 0.416 e. The lowest BCUT2D eigenvalue weighted by Gasteiger charge is -2.08. The summed E-state index contributed by atoms with van der Waals surface area (Å²) in [5.41, 5.74) is -0.796. The number of benzene rings is 1. The quantitative estimate of drug-likeness (QED) is 0.687. The molecule has 0 atom stereocenters. The van der Waals surface area contributed by atoms with Crippen LogP contribution in [0.4, 0.5) is 13.2 Å². The van der Waals surface area contributed by atoms with E-state index in [9.17, 15) is 21.6 Å². The third-order valence-corrected chi connectivity index (χ3v) is 3.71. The lowest BCUT2D eigenvalue weighted by atomic mass is 10.2. The van der Waals surface area contributed by atoms with E-state index in [2.05, 4.69) is 10.3 Å². The molecule has 0 aliphatic carbocycles. The van der Waals surface area contributed by atoms with Crippen molar-refractivity contribution < 1.29 is 26.1 Å². The average Bonchev–Trinajstić information content (AvgIpc) is 2.83. The summed E-state index contributed by atoms with van der Waals surface area (Å²) < 4.78 is 66.2. The van der Waals surface area contributed by atoms with Crippen molar-refractivity contribution in [2.24, 2.45) is 5.10 Å². The molecule has 22 heavy (non-hydrogen) atoms. The zero-order valence-electron chi connectivity index (χ0n) is 11.1. The Morgan fingerprint density at radius 1 is 1.32 bits per heavy atom. The standard InChI is InChI=1S/C12H10F3N3O3S/c1-8-5-10(17-21-8)7-16-18-22(19,20)11-4-2-3-9(6-11)12(13,14)15/h2-7,18H,1H3/b16-7-. The summed E-state index contributed by atoms with van der Waals surface area (Å²) in [5.74, 6) is 0.502. The lowest BCUT2D eigenvalue weighted by molar-refractivity contribution is -0.137. The molecular formula is C12H10F3N3O3S. The first-order chi connectivity index (χ1) is 10.2. The van der Waals surface area contributed by atoms with Crippen LogP contribution < -0.4 is 4.83 Å². The molecule has 6 nitrogen and oxygen atoms in total. The molecule has 2 aromatic rings. The van der Waals surface area contributed by atoms with Gasteiger partial charge in [0, 0.05) is 6.07 Å². The Hall–Kier alpha value is -2.36. The van der Waals surface area contributed by atoms with E-state index in [1.54, 1.807) is 11.8 Å². The van der Waals surface area contributed by atoms with Crippen LogP contribution in [0.3, 0.4) is 0 Å². The zero-order chi connectivity index (χ0) is 16.4. The van der Waals surface area contributed by atoms with Crippen LogP contribution in [-0.2, 0) is 16.2 Å². The Balaban J connectivity index is 2.18. The number of sulfonamides is 1. The van der Waals surface area contributed by atoms with E-state index in [1.807, 2.05) is 0 Å². The number of rotatable bonds is 4. The van der Waals surface area contributed by atoms with Gasteiger partial charge in [-0.2, -0.15) is 26.7 Å². The minimum absolute atomic E-state index is 0.268. The van der Waals surface area contributed by atoms with Gasteiger partial charge in [0.1, 0.15) is 11.5 Å². The van der Waals surface area contributed by atoms with Crippen molar-refractivity contribution in [1.29, 1.82) is 0 Å². The summed E-state index contributed by atoms with van der Waals surface area (Å²) in [6, 6.07) is 4.84. The summed E-state index contributed by atoms with van der Waals surface area (Å²) in [7, 11) is -4.21. The summed E-state index contributed by atoms with van der Waals surface area (Å²) in [4.78, 5) is 1.26. The molecule has 0 bridgehead atoms. The van der Waals surface area contributed by atoms with Crippen molar-refractivity contribution in [2.45, 2.75) is 18.0 Å². The Labute approximate surface area is 123 Å². The van der Waals surface area contributed by atoms with Crippen LogP contribution in [0.2, 0.25) is 0 Å². The van der Waals surface area contributed by atoms with Gasteiger partial charge in [-0.05, 0) is 25.1 Å². The van der Waals surface area contributed by atoms with Crippen molar-refractivity contribution in [3.8, 4) is 0 Å². The number of nitrogens with one attached hydrogen (secondary N) is 1. The molecule has 1 aromatic heterocycles. The number of nitrogens with zero attached hydrogens (tertiary/aromatic N) is 2. The number of alkyl halides is 3. The highest BCUT2D eigenvalue weighted by Crippen LogP contribution is 2.30. The molecule has 118 valence electrons. The van der Waals surface area contributed by atoms with Crippen LogP contribution in [-0.4, -0.2) is 19.8 Å². The normalized spacial score (nSPS) is 12.7. The topological polar surface area (TPSA) is 84.6 Å². The van der Waals surface area contributed by atoms with E-state index in [1.165, 1.54) is 6.07 Å². The van der Waals surface area contributed by atoms with Crippen LogP contribution in [0.15, 0.2) is 44.9 Å². The molecule has 1 N–H and O–H groups in total. The molecule has 10 heteroatoms. The van der Waals surface area contributed by atoms with Gasteiger partial charge in [-0.3, -0.25) is 0 Å². The first-order valence-electron chi connectivity index (χ1n) is 5.84. The fourth-order valence-electron chi connectivity index (χ4n) is 1.50. The zero-order valence-corrected chi connectivity index (χ0v) is 11.9. The average molecular weight is 333 g/mol. The smallest absolute Gasteiger partial charge is 0.361 e. The van der Waals surface area contributed by atoms with Crippen molar-refractivity contribution >= 4 is 16.2 Å². The van der Waals surface area contributed by atoms with Gasteiger partial charge >= 0.3 is 6.18 Å². The molecule has 0 radical (unpaired) electrons. The van der Waals surface area contributed by atoms with Crippen LogP contribution in [0, 0.1) is 6.92 Å². The maximum absolute atomic E-state index is 12.6. The molecule has 0 aliphatic heterocycles. The van der Waals surface area contributed by atoms with Gasteiger partial charge in [-0.25, -0.2) is 4.83 Å². The van der Waals surface area contributed by atoms with Gasteiger partial charge in [0.15, 0.2) is 0 Å². The van der Waals surface area contributed by atoms with Crippen molar-refractivity contribution in [2.75, 3.05) is 0 Å². The first kappa shape index (κ1) is 16.0. The maximum Gasteiger partial charge on any atom is 0.416 e. The first-order valence-corrected chi connectivity index (χ1v) is 7.32. The molecule has 0 aliphatic rings. The maximum atomic E-state index is 12.6. The molecular weight excluding hydrogens is 323 g/mol. The molecule has 1 aromatic carbocycles. The second-order valence-electron chi connectivity index (χ2n) is 4.24. The molecule has 0 fully saturated rings. The molecule has 2 rings (SSSR count). The molecule has 0 saturated heterocycles. The number of aryl methyl sites for hydroxylation is 1. The third-order valence-electron chi connectivity index (χ3n) is 2.49. The van der Waals surface area contributed by atoms with Gasteiger partial charge in [0.25, 0.3) is 10.0 Å². The highest BCUT2D eigenvalue weighted by Gasteiger charge is 2.31. The van der Waals surface area contributed by atoms with Crippen LogP contribution >= 0.6 is 0 Å². The van der Waals surface area contributed by atoms with Gasteiger partial charge in [-0.15, -0.1) is 0 Å². The molecule has 1 heterocycles. The predicted octanol–water partition coefficient (Wildman–Crippen LogP) is 2.31. The molecule has 0 unspecified atom stereocenters. The van der Waals surface area contributed by atoms with E-state index in [0.717, 1.165) is 24.4 Å². The van der Waals surface area contributed by atoms with E-state index in [4.69, 9.17) is 4.52 Å². The SMILES string of the molecule is Cc1cc(/C=N\NS(=O)(=O)c2cccc(C(F)(F)F)c2)no1. The summed E-state index contributed by atoms with van der Waals surface area (Å²) in [6.07, 6.45) is -3.56. The third kappa shape index (κ3) is 3.85. The summed E-state index contributed by atoms with van der Waals surface area (Å²) >= 11 is 0. The van der Waals surface area contributed by atoms with Gasteiger partial charge in [0.05, 0.1) is 16.7 Å². The fraction of sp³-hybridized carbons (Fsp3) is 0.167.